The number of pyridine rings is 1. The van der Waals surface area contributed by atoms with E-state index >= 15 is 0 Å². The molecular weight excluding hydrogens is 466 g/mol. The molecule has 1 aliphatic heterocycles. The van der Waals surface area contributed by atoms with E-state index in [2.05, 4.69) is 34.2 Å². The Morgan fingerprint density at radius 1 is 1.26 bits per heavy atom. The first-order valence-corrected chi connectivity index (χ1v) is 11.5. The Morgan fingerprint density at radius 3 is 2.62 bits per heavy atom. The minimum absolute atomic E-state index is 0.0537. The smallest absolute Gasteiger partial charge is 0.345 e. The van der Waals surface area contributed by atoms with Crippen LogP contribution in [0.5, 0.6) is 0 Å². The van der Waals surface area contributed by atoms with Gasteiger partial charge in [0, 0.05) is 26.7 Å². The quantitative estimate of drug-likeness (QED) is 0.385. The molecule has 2 amide bonds. The third kappa shape index (κ3) is 5.71. The van der Waals surface area contributed by atoms with E-state index in [9.17, 15) is 18.4 Å². The van der Waals surface area contributed by atoms with Crippen molar-refractivity contribution in [1.82, 2.24) is 15.2 Å². The van der Waals surface area contributed by atoms with Gasteiger partial charge in [-0.3, -0.25) is 9.59 Å². The maximum Gasteiger partial charge on any atom is 0.345 e. The van der Waals surface area contributed by atoms with Crippen LogP contribution in [0.4, 0.5) is 14.5 Å². The van der Waals surface area contributed by atoms with Crippen LogP contribution in [-0.2, 0) is 14.9 Å². The van der Waals surface area contributed by atoms with Crippen LogP contribution in [-0.4, -0.2) is 61.6 Å². The molecule has 0 atom stereocenters. The Balaban J connectivity index is 1.88. The molecule has 2 N–H and O–H groups in total. The number of hydrogen-bond donors (Lipinski definition) is 2. The first kappa shape index (κ1) is 26.0. The van der Waals surface area contributed by atoms with Gasteiger partial charge >= 0.3 is 6.61 Å². The van der Waals surface area contributed by atoms with Gasteiger partial charge in [0.2, 0.25) is 5.91 Å². The minimum atomic E-state index is -2.79. The number of anilines is 1. The van der Waals surface area contributed by atoms with Crippen molar-refractivity contribution in [3.63, 3.8) is 0 Å². The summed E-state index contributed by atoms with van der Waals surface area (Å²) >= 11 is 5.97. The zero-order valence-electron chi connectivity index (χ0n) is 19.4. The van der Waals surface area contributed by atoms with E-state index in [0.29, 0.717) is 26.1 Å². The molecule has 1 aromatic carbocycles. The van der Waals surface area contributed by atoms with Crippen LogP contribution < -0.4 is 10.6 Å². The van der Waals surface area contributed by atoms with Crippen molar-refractivity contribution < 1.29 is 23.1 Å². The van der Waals surface area contributed by atoms with E-state index in [4.69, 9.17) is 11.6 Å². The van der Waals surface area contributed by atoms with Gasteiger partial charge in [0.05, 0.1) is 29.5 Å². The predicted octanol–water partition coefficient (Wildman–Crippen LogP) is 4.04. The first-order valence-electron chi connectivity index (χ1n) is 11.1. The van der Waals surface area contributed by atoms with Crippen LogP contribution in [0.15, 0.2) is 36.5 Å². The van der Waals surface area contributed by atoms with Gasteiger partial charge in [-0.2, -0.15) is 8.78 Å². The topological polar surface area (TPSA) is 83.6 Å². The average Bonchev–Trinajstić information content (AvgIpc) is 2.78. The molecule has 0 saturated carbocycles. The minimum Gasteiger partial charge on any atom is -0.355 e. The van der Waals surface area contributed by atoms with Crippen molar-refractivity contribution in [2.45, 2.75) is 38.2 Å². The summed E-state index contributed by atoms with van der Waals surface area (Å²) in [5, 5.41) is 5.57. The molecule has 1 fully saturated rings. The van der Waals surface area contributed by atoms with E-state index in [1.165, 1.54) is 19.3 Å². The van der Waals surface area contributed by atoms with E-state index in [0.717, 1.165) is 11.1 Å². The molecule has 34 heavy (non-hydrogen) atoms. The highest BCUT2D eigenvalue weighted by atomic mass is 35.5. The zero-order valence-corrected chi connectivity index (χ0v) is 20.2. The maximum absolute atomic E-state index is 13.8. The molecule has 184 valence electrons. The Hall–Kier alpha value is -2.62. The lowest BCUT2D eigenvalue weighted by molar-refractivity contribution is -0.133. The lowest BCUT2D eigenvalue weighted by atomic mass is 9.69. The van der Waals surface area contributed by atoms with Gasteiger partial charge in [-0.15, -0.1) is 0 Å². The summed E-state index contributed by atoms with van der Waals surface area (Å²) in [5.74, 6) is -0.478. The maximum atomic E-state index is 13.8. The standard InChI is InChI=1S/C24H29ClF2N4O3/c1-15(2)16-7-4-5-8-18(16)24(13-31(14-24)9-6-10-34-23(26)27)22(33)30-19-12-29-20(25)11-17(19)21(32)28-3/h4-5,7-8,11-12,15,23H,6,9-10,13-14H2,1-3H3,(H,28,32)(H,30,33). The van der Waals surface area contributed by atoms with E-state index in [1.54, 1.807) is 0 Å². The Kier molecular flexibility index (Phi) is 8.57. The lowest BCUT2D eigenvalue weighted by Crippen LogP contribution is -2.65. The van der Waals surface area contributed by atoms with Gasteiger partial charge in [-0.1, -0.05) is 49.7 Å². The number of aromatic nitrogens is 1. The molecule has 0 unspecified atom stereocenters. The summed E-state index contributed by atoms with van der Waals surface area (Å²) in [5.41, 5.74) is 1.57. The van der Waals surface area contributed by atoms with Crippen molar-refractivity contribution in [1.29, 1.82) is 0 Å². The third-order valence-electron chi connectivity index (χ3n) is 5.97. The number of benzene rings is 1. The van der Waals surface area contributed by atoms with Crippen molar-refractivity contribution in [2.24, 2.45) is 0 Å². The Morgan fingerprint density at radius 2 is 1.97 bits per heavy atom. The van der Waals surface area contributed by atoms with Crippen molar-refractivity contribution in [3.8, 4) is 0 Å². The monoisotopic (exact) mass is 494 g/mol. The van der Waals surface area contributed by atoms with Crippen molar-refractivity contribution >= 4 is 29.1 Å². The summed E-state index contributed by atoms with van der Waals surface area (Å²) in [7, 11) is 1.49. The first-order chi connectivity index (χ1) is 16.2. The van der Waals surface area contributed by atoms with Gasteiger partial charge in [0.25, 0.3) is 5.91 Å². The molecular formula is C24H29ClF2N4O3. The number of ether oxygens (including phenoxy) is 1. The normalized spacial score (nSPS) is 15.3. The predicted molar refractivity (Wildman–Crippen MR) is 126 cm³/mol. The fourth-order valence-corrected chi connectivity index (χ4v) is 4.46. The van der Waals surface area contributed by atoms with Gasteiger partial charge < -0.3 is 20.3 Å². The molecule has 1 aliphatic rings. The summed E-state index contributed by atoms with van der Waals surface area (Å²) in [4.78, 5) is 32.1. The van der Waals surface area contributed by atoms with E-state index < -0.39 is 17.9 Å². The summed E-state index contributed by atoms with van der Waals surface area (Å²) in [6.45, 7) is 2.63. The number of hydrogen-bond acceptors (Lipinski definition) is 5. The molecule has 0 aliphatic carbocycles. The molecule has 1 aromatic heterocycles. The molecule has 7 nitrogen and oxygen atoms in total. The highest BCUT2D eigenvalue weighted by Crippen LogP contribution is 2.40. The second kappa shape index (κ2) is 11.2. The highest BCUT2D eigenvalue weighted by Gasteiger charge is 2.51. The van der Waals surface area contributed by atoms with Crippen molar-refractivity contribution in [2.75, 3.05) is 38.6 Å². The van der Waals surface area contributed by atoms with Crippen LogP contribution in [0.25, 0.3) is 0 Å². The Labute approximate surface area is 202 Å². The molecule has 2 heterocycles. The fourth-order valence-electron chi connectivity index (χ4n) is 4.30. The van der Waals surface area contributed by atoms with Gasteiger partial charge in [-0.05, 0) is 29.5 Å². The van der Waals surface area contributed by atoms with Gasteiger partial charge in [-0.25, -0.2) is 4.98 Å². The third-order valence-corrected chi connectivity index (χ3v) is 6.18. The van der Waals surface area contributed by atoms with Crippen LogP contribution >= 0.6 is 11.6 Å². The molecule has 1 saturated heterocycles. The number of amides is 2. The largest absolute Gasteiger partial charge is 0.355 e. The number of carbonyl (C=O) groups is 2. The SMILES string of the molecule is CNC(=O)c1cc(Cl)ncc1NC(=O)C1(c2ccccc2C(C)C)CN(CCCOC(F)F)C1. The molecule has 3 rings (SSSR count). The number of nitrogens with zero attached hydrogens (tertiary/aromatic N) is 2. The summed E-state index contributed by atoms with van der Waals surface area (Å²) < 4.78 is 28.8. The number of carbonyl (C=O) groups excluding carboxylic acids is 2. The number of likely N-dealkylation sites (tertiary alicyclic amines) is 1. The van der Waals surface area contributed by atoms with E-state index in [1.807, 2.05) is 29.2 Å². The fraction of sp³-hybridized carbons (Fsp3) is 0.458. The molecule has 0 spiro atoms. The second-order valence-electron chi connectivity index (χ2n) is 8.61. The van der Waals surface area contributed by atoms with Crippen LogP contribution in [0.1, 0.15) is 47.7 Å². The lowest BCUT2D eigenvalue weighted by Gasteiger charge is -2.50. The summed E-state index contributed by atoms with van der Waals surface area (Å²) in [6.07, 6.45) is 1.79. The zero-order chi connectivity index (χ0) is 24.9. The highest BCUT2D eigenvalue weighted by molar-refractivity contribution is 6.30. The van der Waals surface area contributed by atoms with Crippen LogP contribution in [0.3, 0.4) is 0 Å². The molecule has 0 radical (unpaired) electrons. The number of alkyl halides is 2. The molecule has 10 heteroatoms. The average molecular weight is 495 g/mol. The van der Waals surface area contributed by atoms with E-state index in [-0.39, 0.29) is 34.8 Å². The number of halogens is 3. The van der Waals surface area contributed by atoms with Crippen molar-refractivity contribution in [3.05, 3.63) is 58.4 Å². The molecule has 0 bridgehead atoms. The number of nitrogens with one attached hydrogen (secondary N) is 2. The van der Waals surface area contributed by atoms with Gasteiger partial charge in [0.1, 0.15) is 5.15 Å². The summed E-state index contributed by atoms with van der Waals surface area (Å²) in [6, 6.07) is 9.20. The Bertz CT molecular complexity index is 1030. The second-order valence-corrected chi connectivity index (χ2v) is 8.99. The van der Waals surface area contributed by atoms with Gasteiger partial charge in [0.15, 0.2) is 0 Å². The number of rotatable bonds is 10. The van der Waals surface area contributed by atoms with Crippen LogP contribution in [0, 0.1) is 0 Å². The van der Waals surface area contributed by atoms with Crippen LogP contribution in [0.2, 0.25) is 5.15 Å². The molecule has 2 aromatic rings.